The van der Waals surface area contributed by atoms with Gasteiger partial charge in [-0.15, -0.1) is 0 Å². The minimum atomic E-state index is -1.01. The molecule has 0 bridgehead atoms. The Morgan fingerprint density at radius 2 is 1.20 bits per heavy atom. The Bertz CT molecular complexity index is 458. The molecule has 2 N–H and O–H groups in total. The van der Waals surface area contributed by atoms with Crippen molar-refractivity contribution in [1.29, 1.82) is 0 Å². The van der Waals surface area contributed by atoms with E-state index in [0.717, 1.165) is 0 Å². The number of rotatable bonds is 9. The molecule has 0 spiro atoms. The summed E-state index contributed by atoms with van der Waals surface area (Å²) in [4.78, 5) is 1.07. The van der Waals surface area contributed by atoms with Gasteiger partial charge in [0.25, 0.3) is 0 Å². The van der Waals surface area contributed by atoms with Gasteiger partial charge in [-0.1, -0.05) is 33.1 Å². The van der Waals surface area contributed by atoms with E-state index in [9.17, 15) is 0 Å². The predicted octanol–water partition coefficient (Wildman–Crippen LogP) is 2.94. The summed E-state index contributed by atoms with van der Waals surface area (Å²) in [5, 5.41) is 6.08. The van der Waals surface area contributed by atoms with Gasteiger partial charge in [0.1, 0.15) is 9.98 Å². The zero-order valence-electron chi connectivity index (χ0n) is 13.9. The molecule has 0 amide bonds. The number of nitrogens with zero attached hydrogens (tertiary/aromatic N) is 2. The van der Waals surface area contributed by atoms with Crippen LogP contribution in [0.5, 0.6) is 0 Å². The van der Waals surface area contributed by atoms with Gasteiger partial charge in [0.15, 0.2) is 5.54 Å². The second-order valence-corrected chi connectivity index (χ2v) is 10.1. The van der Waals surface area contributed by atoms with Crippen molar-refractivity contribution in [2.75, 3.05) is 31.6 Å². The van der Waals surface area contributed by atoms with Crippen LogP contribution >= 0.6 is 96.7 Å². The Balaban J connectivity index is 0. The molecular weight excluding hydrogens is 562 g/mol. The van der Waals surface area contributed by atoms with Crippen molar-refractivity contribution in [2.45, 2.75) is 5.54 Å². The molecule has 0 fully saturated rings. The molecule has 138 valence electrons. The molecule has 0 rings (SSSR count). The molecule has 4 nitrogen and oxygen atoms in total. The first-order valence-electron chi connectivity index (χ1n) is 5.99. The molecule has 0 aliphatic heterocycles. The van der Waals surface area contributed by atoms with Crippen LogP contribution in [-0.2, 0) is 44.7 Å². The van der Waals surface area contributed by atoms with E-state index in [1.807, 2.05) is 32.4 Å². The fourth-order valence-corrected chi connectivity index (χ4v) is 5.94. The summed E-state index contributed by atoms with van der Waals surface area (Å²) in [6.07, 6.45) is 7.70. The molecule has 0 radical (unpaired) electrons. The van der Waals surface area contributed by atoms with Crippen molar-refractivity contribution in [2.24, 2.45) is 0 Å². The van der Waals surface area contributed by atoms with Crippen molar-refractivity contribution in [3.63, 3.8) is 0 Å². The third kappa shape index (κ3) is 8.92. The molecule has 0 aromatic heterocycles. The first-order chi connectivity index (χ1) is 11.2. The van der Waals surface area contributed by atoms with Gasteiger partial charge in [-0.3, -0.25) is 0 Å². The van der Waals surface area contributed by atoms with Gasteiger partial charge >= 0.3 is 19.5 Å². The van der Waals surface area contributed by atoms with Gasteiger partial charge in [-0.2, -0.15) is 0 Å². The van der Waals surface area contributed by atoms with E-state index in [4.69, 9.17) is 74.1 Å². The molecule has 0 aromatic carbocycles. The zero-order chi connectivity index (χ0) is 18.9. The normalized spacial score (nSPS) is 10.2. The number of nitrogens with one attached hydrogen (secondary N) is 2. The number of hydrogen-bond acceptors (Lipinski definition) is 10. The summed E-state index contributed by atoms with van der Waals surface area (Å²) in [5.41, 5.74) is -1.01. The minimum absolute atomic E-state index is 0. The molecule has 15 heteroatoms. The van der Waals surface area contributed by atoms with E-state index in [0.29, 0.717) is 9.98 Å². The Kier molecular flexibility index (Phi) is 17.5. The molecule has 0 aliphatic rings. The predicted molar refractivity (Wildman–Crippen MR) is 137 cm³/mol. The third-order valence-electron chi connectivity index (χ3n) is 2.54. The molecule has 0 atom stereocenters. The monoisotopic (exact) mass is 576 g/mol. The first kappa shape index (κ1) is 29.2. The molecule has 0 saturated carbocycles. The van der Waals surface area contributed by atoms with E-state index >= 15 is 0 Å². The quantitative estimate of drug-likeness (QED) is 0.182. The van der Waals surface area contributed by atoms with E-state index in [1.165, 1.54) is 47.8 Å². The van der Waals surface area contributed by atoms with Crippen LogP contribution < -0.4 is 10.6 Å². The van der Waals surface area contributed by atoms with E-state index < -0.39 is 5.54 Å². The minimum Gasteiger partial charge on any atom is -0.412 e. The smallest absolute Gasteiger partial charge is 0.412 e. The Morgan fingerprint density at radius 1 is 0.840 bits per heavy atom. The Labute approximate surface area is 212 Å². The second-order valence-electron chi connectivity index (χ2n) is 3.81. The van der Waals surface area contributed by atoms with Gasteiger partial charge in [-0.25, -0.2) is 7.42 Å². The maximum absolute atomic E-state index is 5.73. The molecular formula is C10H16N4S10Zn. The van der Waals surface area contributed by atoms with Crippen LogP contribution in [0.4, 0.5) is 0 Å². The van der Waals surface area contributed by atoms with Crippen LogP contribution in [0.2, 0.25) is 0 Å². The zero-order valence-corrected chi connectivity index (χ0v) is 25.0. The van der Waals surface area contributed by atoms with Crippen LogP contribution in [0.15, 0.2) is 0 Å². The molecule has 0 aliphatic carbocycles. The molecule has 25 heavy (non-hydrogen) atoms. The summed E-state index contributed by atoms with van der Waals surface area (Å²) in [7, 11) is 0. The van der Waals surface area contributed by atoms with Crippen LogP contribution in [0, 0.1) is 0 Å². The van der Waals surface area contributed by atoms with Crippen molar-refractivity contribution >= 4 is 141 Å². The SMILES string of the molecule is CSN(SC)C(=S)C(CNC(=S)[S-])(NC(=S)[S-])C(=S)N(SC)SC.[Zn+2]. The molecule has 0 unspecified atom stereocenters. The van der Waals surface area contributed by atoms with Gasteiger partial charge in [0, 0.05) is 31.6 Å². The molecule has 0 saturated heterocycles. The fraction of sp³-hybridized carbons (Fsp3) is 0.600. The summed E-state index contributed by atoms with van der Waals surface area (Å²) in [6.45, 7) is 0.249. The Morgan fingerprint density at radius 3 is 1.44 bits per heavy atom. The van der Waals surface area contributed by atoms with Crippen LogP contribution in [-0.4, -0.2) is 63.1 Å². The maximum Gasteiger partial charge on any atom is 2.00 e. The van der Waals surface area contributed by atoms with Crippen LogP contribution in [0.3, 0.4) is 0 Å². The summed E-state index contributed by atoms with van der Waals surface area (Å²) < 4.78 is 4.13. The first-order valence-corrected chi connectivity index (χ1v) is 13.2. The summed E-state index contributed by atoms with van der Waals surface area (Å²) in [5.74, 6) is 0. The van der Waals surface area contributed by atoms with Crippen LogP contribution in [0.1, 0.15) is 0 Å². The third-order valence-corrected chi connectivity index (χ3v) is 8.40. The molecule has 0 aromatic rings. The standard InChI is InChI=1S/C10H18N4S10.Zn/c1-21-13(22-2)6(15)10(12-9(19)20,5-11-8(17)18)7(16)14(23-3)24-4;/h5H2,1-4H3,(H2,11,17,18)(H2,12,19,20);/q;+2/p-2. The van der Waals surface area contributed by atoms with Gasteiger partial charge in [0.05, 0.1) is 0 Å². The van der Waals surface area contributed by atoms with Gasteiger partial charge < -0.3 is 60.3 Å². The van der Waals surface area contributed by atoms with Crippen molar-refractivity contribution in [3.8, 4) is 0 Å². The van der Waals surface area contributed by atoms with E-state index in [2.05, 4.69) is 10.6 Å². The van der Waals surface area contributed by atoms with Crippen molar-refractivity contribution in [1.82, 2.24) is 18.1 Å². The van der Waals surface area contributed by atoms with E-state index in [-0.39, 0.29) is 34.7 Å². The Hall–Kier alpha value is 2.02. The number of thiocarbonyl (C=S) groups is 4. The van der Waals surface area contributed by atoms with Crippen molar-refractivity contribution < 1.29 is 19.5 Å². The largest absolute Gasteiger partial charge is 2.00 e. The average Bonchev–Trinajstić information content (AvgIpc) is 2.53. The topological polar surface area (TPSA) is 30.5 Å². The van der Waals surface area contributed by atoms with E-state index in [1.54, 1.807) is 0 Å². The maximum atomic E-state index is 5.73. The average molecular weight is 578 g/mol. The van der Waals surface area contributed by atoms with Gasteiger partial charge in [0.2, 0.25) is 0 Å². The van der Waals surface area contributed by atoms with Crippen LogP contribution in [0.25, 0.3) is 0 Å². The fourth-order valence-electron chi connectivity index (χ4n) is 1.57. The van der Waals surface area contributed by atoms with Crippen molar-refractivity contribution in [3.05, 3.63) is 0 Å². The summed E-state index contributed by atoms with van der Waals surface area (Å²) >= 11 is 37.5. The second kappa shape index (κ2) is 14.9. The molecule has 0 heterocycles. The summed E-state index contributed by atoms with van der Waals surface area (Å²) in [6, 6.07) is 0. The van der Waals surface area contributed by atoms with Gasteiger partial charge in [-0.05, 0) is 47.8 Å². The number of hydrogen-bond donors (Lipinski definition) is 2.